The number of methoxy groups -OCH3 is 2. The molecular formula is C15H16O2. The smallest absolute Gasteiger partial charge is 0.130 e. The van der Waals surface area contributed by atoms with Crippen molar-refractivity contribution in [3.8, 4) is 22.6 Å². The Labute approximate surface area is 102 Å². The minimum atomic E-state index is 0.841. The molecule has 0 unspecified atom stereocenters. The Kier molecular flexibility index (Phi) is 3.33. The normalized spacial score (nSPS) is 10.1. The predicted molar refractivity (Wildman–Crippen MR) is 69.7 cm³/mol. The molecule has 88 valence electrons. The second-order valence-electron chi connectivity index (χ2n) is 3.91. The summed E-state index contributed by atoms with van der Waals surface area (Å²) in [7, 11) is 3.36. The molecule has 0 saturated heterocycles. The van der Waals surface area contributed by atoms with E-state index in [2.05, 4.69) is 12.1 Å². The summed E-state index contributed by atoms with van der Waals surface area (Å²) in [6, 6.07) is 14.2. The van der Waals surface area contributed by atoms with E-state index in [4.69, 9.17) is 9.47 Å². The van der Waals surface area contributed by atoms with Crippen molar-refractivity contribution >= 4 is 0 Å². The van der Waals surface area contributed by atoms with Gasteiger partial charge in [-0.2, -0.15) is 0 Å². The van der Waals surface area contributed by atoms with Gasteiger partial charge in [-0.1, -0.05) is 30.3 Å². The van der Waals surface area contributed by atoms with Gasteiger partial charge in [0.1, 0.15) is 11.5 Å². The van der Waals surface area contributed by atoms with Gasteiger partial charge < -0.3 is 9.47 Å². The Hall–Kier alpha value is -1.96. The maximum absolute atomic E-state index is 5.44. The quantitative estimate of drug-likeness (QED) is 0.797. The molecule has 2 heteroatoms. The summed E-state index contributed by atoms with van der Waals surface area (Å²) in [5.41, 5.74) is 3.22. The predicted octanol–water partition coefficient (Wildman–Crippen LogP) is 3.68. The molecule has 0 aliphatic heterocycles. The van der Waals surface area contributed by atoms with Crippen LogP contribution in [0.2, 0.25) is 0 Å². The molecule has 0 fully saturated rings. The third kappa shape index (κ3) is 2.26. The van der Waals surface area contributed by atoms with E-state index in [0.717, 1.165) is 28.2 Å². The lowest BCUT2D eigenvalue weighted by Gasteiger charge is -2.14. The zero-order chi connectivity index (χ0) is 12.3. The van der Waals surface area contributed by atoms with E-state index in [1.54, 1.807) is 14.2 Å². The first-order valence-corrected chi connectivity index (χ1v) is 5.54. The number of rotatable bonds is 3. The van der Waals surface area contributed by atoms with Gasteiger partial charge in [-0.25, -0.2) is 0 Å². The van der Waals surface area contributed by atoms with E-state index in [-0.39, 0.29) is 0 Å². The zero-order valence-corrected chi connectivity index (χ0v) is 10.4. The maximum Gasteiger partial charge on any atom is 0.130 e. The molecule has 2 nitrogen and oxygen atoms in total. The molecule has 0 radical (unpaired) electrons. The highest BCUT2D eigenvalue weighted by Gasteiger charge is 2.12. The van der Waals surface area contributed by atoms with Crippen LogP contribution in [-0.4, -0.2) is 14.2 Å². The third-order valence-corrected chi connectivity index (χ3v) is 2.71. The van der Waals surface area contributed by atoms with Gasteiger partial charge in [-0.15, -0.1) is 0 Å². The van der Waals surface area contributed by atoms with Crippen LogP contribution in [0.25, 0.3) is 11.1 Å². The Morgan fingerprint density at radius 2 is 1.35 bits per heavy atom. The van der Waals surface area contributed by atoms with Crippen LogP contribution in [0.1, 0.15) is 5.56 Å². The van der Waals surface area contributed by atoms with Crippen LogP contribution < -0.4 is 9.47 Å². The summed E-state index contributed by atoms with van der Waals surface area (Å²) in [6.07, 6.45) is 0. The van der Waals surface area contributed by atoms with E-state index in [1.165, 1.54) is 0 Å². The van der Waals surface area contributed by atoms with Gasteiger partial charge in [0.2, 0.25) is 0 Å². The first-order valence-electron chi connectivity index (χ1n) is 5.54. The number of ether oxygens (including phenoxy) is 2. The van der Waals surface area contributed by atoms with Gasteiger partial charge in [0.25, 0.3) is 0 Å². The van der Waals surface area contributed by atoms with Gasteiger partial charge >= 0.3 is 0 Å². The molecule has 0 amide bonds. The van der Waals surface area contributed by atoms with Crippen LogP contribution in [0.3, 0.4) is 0 Å². The van der Waals surface area contributed by atoms with Crippen molar-refractivity contribution in [1.29, 1.82) is 0 Å². The van der Waals surface area contributed by atoms with E-state index in [1.807, 2.05) is 37.3 Å². The third-order valence-electron chi connectivity index (χ3n) is 2.71. The largest absolute Gasteiger partial charge is 0.496 e. The highest BCUT2D eigenvalue weighted by molar-refractivity contribution is 5.77. The average Bonchev–Trinajstić information content (AvgIpc) is 2.38. The molecule has 17 heavy (non-hydrogen) atoms. The Bertz CT molecular complexity index is 479. The van der Waals surface area contributed by atoms with Crippen LogP contribution in [0, 0.1) is 6.92 Å². The monoisotopic (exact) mass is 228 g/mol. The maximum atomic E-state index is 5.44. The second-order valence-corrected chi connectivity index (χ2v) is 3.91. The number of hydrogen-bond acceptors (Lipinski definition) is 2. The van der Waals surface area contributed by atoms with Crippen molar-refractivity contribution in [1.82, 2.24) is 0 Å². The lowest BCUT2D eigenvalue weighted by Crippen LogP contribution is -1.94. The van der Waals surface area contributed by atoms with Crippen molar-refractivity contribution in [2.45, 2.75) is 6.92 Å². The van der Waals surface area contributed by atoms with Crippen LogP contribution in [-0.2, 0) is 0 Å². The molecule has 0 aromatic heterocycles. The van der Waals surface area contributed by atoms with Crippen LogP contribution in [0.5, 0.6) is 11.5 Å². The SMILES string of the molecule is COc1cc(C)cc(OC)c1-c1ccccc1. The molecule has 2 aromatic rings. The van der Waals surface area contributed by atoms with Crippen LogP contribution >= 0.6 is 0 Å². The molecule has 0 bridgehead atoms. The van der Waals surface area contributed by atoms with Crippen LogP contribution in [0.4, 0.5) is 0 Å². The van der Waals surface area contributed by atoms with E-state index in [0.29, 0.717) is 0 Å². The fourth-order valence-corrected chi connectivity index (χ4v) is 1.93. The molecule has 0 spiro atoms. The van der Waals surface area contributed by atoms with Crippen molar-refractivity contribution in [3.05, 3.63) is 48.0 Å². The number of benzene rings is 2. The molecule has 0 N–H and O–H groups in total. The Morgan fingerprint density at radius 3 is 1.82 bits per heavy atom. The molecule has 0 heterocycles. The van der Waals surface area contributed by atoms with E-state index in [9.17, 15) is 0 Å². The van der Waals surface area contributed by atoms with Gasteiger partial charge in [0, 0.05) is 0 Å². The molecule has 0 atom stereocenters. The minimum Gasteiger partial charge on any atom is -0.496 e. The van der Waals surface area contributed by atoms with Gasteiger partial charge in [-0.05, 0) is 30.2 Å². The van der Waals surface area contributed by atoms with Crippen molar-refractivity contribution < 1.29 is 9.47 Å². The standard InChI is InChI=1S/C15H16O2/c1-11-9-13(16-2)15(14(10-11)17-3)12-7-5-4-6-8-12/h4-10H,1-3H3. The number of hydrogen-bond donors (Lipinski definition) is 0. The molecular weight excluding hydrogens is 212 g/mol. The summed E-state index contributed by atoms with van der Waals surface area (Å²) in [6.45, 7) is 2.03. The highest BCUT2D eigenvalue weighted by Crippen LogP contribution is 2.39. The molecule has 0 saturated carbocycles. The van der Waals surface area contributed by atoms with Crippen molar-refractivity contribution in [3.63, 3.8) is 0 Å². The van der Waals surface area contributed by atoms with Gasteiger partial charge in [0.05, 0.1) is 19.8 Å². The summed E-state index contributed by atoms with van der Waals surface area (Å²) in [5.74, 6) is 1.68. The summed E-state index contributed by atoms with van der Waals surface area (Å²) in [4.78, 5) is 0. The zero-order valence-electron chi connectivity index (χ0n) is 10.4. The molecule has 2 aromatic carbocycles. The fourth-order valence-electron chi connectivity index (χ4n) is 1.93. The van der Waals surface area contributed by atoms with Crippen LogP contribution in [0.15, 0.2) is 42.5 Å². The lowest BCUT2D eigenvalue weighted by molar-refractivity contribution is 0.397. The molecule has 0 aliphatic rings. The highest BCUT2D eigenvalue weighted by atomic mass is 16.5. The number of aryl methyl sites for hydroxylation is 1. The first kappa shape index (κ1) is 11.5. The topological polar surface area (TPSA) is 18.5 Å². The molecule has 0 aliphatic carbocycles. The second kappa shape index (κ2) is 4.91. The van der Waals surface area contributed by atoms with Crippen molar-refractivity contribution in [2.24, 2.45) is 0 Å². The lowest BCUT2D eigenvalue weighted by atomic mass is 10.0. The molecule has 2 rings (SSSR count). The van der Waals surface area contributed by atoms with Gasteiger partial charge in [0.15, 0.2) is 0 Å². The van der Waals surface area contributed by atoms with Gasteiger partial charge in [-0.3, -0.25) is 0 Å². The minimum absolute atomic E-state index is 0.841. The van der Waals surface area contributed by atoms with Crippen molar-refractivity contribution in [2.75, 3.05) is 14.2 Å². The van der Waals surface area contributed by atoms with E-state index >= 15 is 0 Å². The van der Waals surface area contributed by atoms with E-state index < -0.39 is 0 Å². The summed E-state index contributed by atoms with van der Waals surface area (Å²) < 4.78 is 10.9. The Balaban J connectivity index is 2.66. The average molecular weight is 228 g/mol. The summed E-state index contributed by atoms with van der Waals surface area (Å²) >= 11 is 0. The summed E-state index contributed by atoms with van der Waals surface area (Å²) in [5, 5.41) is 0. The fraction of sp³-hybridized carbons (Fsp3) is 0.200. The first-order chi connectivity index (χ1) is 8.26. The Morgan fingerprint density at radius 1 is 0.824 bits per heavy atom.